The summed E-state index contributed by atoms with van der Waals surface area (Å²) in [5.41, 5.74) is 0.600. The van der Waals surface area contributed by atoms with Crippen LogP contribution < -0.4 is 5.32 Å². The lowest BCUT2D eigenvalue weighted by Gasteiger charge is -2.29. The Hall–Kier alpha value is -1.67. The number of hydrogen-bond donors (Lipinski definition) is 1. The Morgan fingerprint density at radius 3 is 2.73 bits per heavy atom. The van der Waals surface area contributed by atoms with E-state index in [1.165, 1.54) is 0 Å². The number of rotatable bonds is 5. The molecule has 22 heavy (non-hydrogen) atoms. The summed E-state index contributed by atoms with van der Waals surface area (Å²) >= 11 is 0. The summed E-state index contributed by atoms with van der Waals surface area (Å²) in [6.07, 6.45) is 3.69. The molecule has 0 bridgehead atoms. The maximum atomic E-state index is 12.5. The number of nitrogens with zero attached hydrogens (tertiary/aromatic N) is 3. The highest BCUT2D eigenvalue weighted by atomic mass is 32.2. The Labute approximate surface area is 131 Å². The number of hydrogen-bond acceptors (Lipinski definition) is 5. The SMILES string of the molecule is CN(C)CCN(C(=O)Nc1cccnc1)C1CCS(=O)(=O)C1. The zero-order valence-electron chi connectivity index (χ0n) is 12.9. The van der Waals surface area contributed by atoms with E-state index in [1.54, 1.807) is 29.4 Å². The van der Waals surface area contributed by atoms with Crippen LogP contribution in [-0.4, -0.2) is 74.0 Å². The second kappa shape index (κ2) is 7.06. The number of sulfone groups is 1. The summed E-state index contributed by atoms with van der Waals surface area (Å²) in [6.45, 7) is 1.16. The fourth-order valence-corrected chi connectivity index (χ4v) is 4.14. The van der Waals surface area contributed by atoms with Gasteiger partial charge in [0.2, 0.25) is 0 Å². The van der Waals surface area contributed by atoms with Gasteiger partial charge < -0.3 is 15.1 Å². The quantitative estimate of drug-likeness (QED) is 0.860. The minimum Gasteiger partial charge on any atom is -0.319 e. The molecule has 1 saturated heterocycles. The first-order chi connectivity index (χ1) is 10.4. The van der Waals surface area contributed by atoms with Crippen LogP contribution in [0.2, 0.25) is 0 Å². The third-order valence-electron chi connectivity index (χ3n) is 3.61. The molecular formula is C14H22N4O3S. The normalized spacial score (nSPS) is 20.0. The third kappa shape index (κ3) is 4.67. The van der Waals surface area contributed by atoms with Gasteiger partial charge >= 0.3 is 6.03 Å². The second-order valence-electron chi connectivity index (χ2n) is 5.73. The van der Waals surface area contributed by atoms with Crippen molar-refractivity contribution in [1.82, 2.24) is 14.8 Å². The molecule has 0 aromatic carbocycles. The van der Waals surface area contributed by atoms with E-state index in [-0.39, 0.29) is 23.6 Å². The summed E-state index contributed by atoms with van der Waals surface area (Å²) in [7, 11) is 0.805. The lowest BCUT2D eigenvalue weighted by Crippen LogP contribution is -2.46. The number of carbonyl (C=O) groups excluding carboxylic acids is 1. The predicted octanol–water partition coefficient (Wildman–Crippen LogP) is 0.664. The smallest absolute Gasteiger partial charge is 0.319 e. The Balaban J connectivity index is 2.08. The van der Waals surface area contributed by atoms with Gasteiger partial charge in [0.1, 0.15) is 0 Å². The molecule has 1 aromatic heterocycles. The van der Waals surface area contributed by atoms with Crippen molar-refractivity contribution >= 4 is 21.6 Å². The van der Waals surface area contributed by atoms with E-state index in [0.29, 0.717) is 25.2 Å². The van der Waals surface area contributed by atoms with Crippen LogP contribution in [0.25, 0.3) is 0 Å². The first-order valence-corrected chi connectivity index (χ1v) is 9.02. The average molecular weight is 326 g/mol. The van der Waals surface area contributed by atoms with Crippen LogP contribution in [0.15, 0.2) is 24.5 Å². The Morgan fingerprint density at radius 2 is 2.18 bits per heavy atom. The molecule has 1 aliphatic heterocycles. The molecule has 1 unspecified atom stereocenters. The van der Waals surface area contributed by atoms with Crippen LogP contribution in [0.1, 0.15) is 6.42 Å². The summed E-state index contributed by atoms with van der Waals surface area (Å²) in [5.74, 6) is 0.192. The van der Waals surface area contributed by atoms with Gasteiger partial charge in [-0.15, -0.1) is 0 Å². The number of nitrogens with one attached hydrogen (secondary N) is 1. The van der Waals surface area contributed by atoms with Crippen LogP contribution in [0, 0.1) is 0 Å². The zero-order chi connectivity index (χ0) is 16.2. The summed E-state index contributed by atoms with van der Waals surface area (Å²) in [6, 6.07) is 2.94. The largest absolute Gasteiger partial charge is 0.322 e. The molecule has 2 rings (SSSR count). The first-order valence-electron chi connectivity index (χ1n) is 7.20. The summed E-state index contributed by atoms with van der Waals surface area (Å²) in [5, 5.41) is 2.78. The van der Waals surface area contributed by atoms with Gasteiger partial charge in [-0.05, 0) is 32.6 Å². The predicted molar refractivity (Wildman–Crippen MR) is 85.6 cm³/mol. The highest BCUT2D eigenvalue weighted by Crippen LogP contribution is 2.19. The van der Waals surface area contributed by atoms with Gasteiger partial charge in [0.05, 0.1) is 23.4 Å². The van der Waals surface area contributed by atoms with Crippen LogP contribution in [-0.2, 0) is 9.84 Å². The lowest BCUT2D eigenvalue weighted by molar-refractivity contribution is 0.186. The molecule has 1 aliphatic rings. The van der Waals surface area contributed by atoms with Gasteiger partial charge in [0, 0.05) is 25.3 Å². The Kier molecular flexibility index (Phi) is 5.36. The number of urea groups is 1. The molecule has 0 saturated carbocycles. The second-order valence-corrected chi connectivity index (χ2v) is 7.95. The molecule has 122 valence electrons. The molecule has 8 heteroatoms. The standard InChI is InChI=1S/C14H22N4O3S/c1-17(2)7-8-18(13-5-9-22(20,21)11-13)14(19)16-12-4-3-6-15-10-12/h3-4,6,10,13H,5,7-9,11H2,1-2H3,(H,16,19). The van der Waals surface area contributed by atoms with Crippen molar-refractivity contribution in [2.45, 2.75) is 12.5 Å². The fourth-order valence-electron chi connectivity index (χ4n) is 2.41. The zero-order valence-corrected chi connectivity index (χ0v) is 13.7. The van der Waals surface area contributed by atoms with E-state index < -0.39 is 9.84 Å². The van der Waals surface area contributed by atoms with Crippen molar-refractivity contribution in [2.75, 3.05) is 44.0 Å². The van der Waals surface area contributed by atoms with E-state index in [2.05, 4.69) is 10.3 Å². The number of carbonyl (C=O) groups is 1. The number of aromatic nitrogens is 1. The lowest BCUT2D eigenvalue weighted by atomic mass is 10.2. The van der Waals surface area contributed by atoms with Crippen molar-refractivity contribution in [1.29, 1.82) is 0 Å². The average Bonchev–Trinajstić information content (AvgIpc) is 2.80. The van der Waals surface area contributed by atoms with E-state index in [0.717, 1.165) is 0 Å². The molecule has 1 aromatic rings. The molecule has 2 heterocycles. The number of likely N-dealkylation sites (N-methyl/N-ethyl adjacent to an activating group) is 1. The monoisotopic (exact) mass is 326 g/mol. The molecule has 1 atom stereocenters. The van der Waals surface area contributed by atoms with Crippen molar-refractivity contribution in [3.63, 3.8) is 0 Å². The minimum absolute atomic E-state index is 0.0425. The molecular weight excluding hydrogens is 304 g/mol. The maximum absolute atomic E-state index is 12.5. The van der Waals surface area contributed by atoms with Gasteiger partial charge in [-0.1, -0.05) is 0 Å². The first kappa shape index (κ1) is 16.7. The Morgan fingerprint density at radius 1 is 1.41 bits per heavy atom. The van der Waals surface area contributed by atoms with E-state index in [1.807, 2.05) is 19.0 Å². The number of pyridine rings is 1. The highest BCUT2D eigenvalue weighted by Gasteiger charge is 2.34. The maximum Gasteiger partial charge on any atom is 0.322 e. The Bertz CT molecular complexity index is 604. The summed E-state index contributed by atoms with van der Waals surface area (Å²) < 4.78 is 23.4. The van der Waals surface area contributed by atoms with Crippen molar-refractivity contribution in [3.8, 4) is 0 Å². The highest BCUT2D eigenvalue weighted by molar-refractivity contribution is 7.91. The van der Waals surface area contributed by atoms with Gasteiger partial charge in [0.15, 0.2) is 9.84 Å². The molecule has 1 fully saturated rings. The van der Waals surface area contributed by atoms with Crippen molar-refractivity contribution in [3.05, 3.63) is 24.5 Å². The fraction of sp³-hybridized carbons (Fsp3) is 0.571. The van der Waals surface area contributed by atoms with Gasteiger partial charge in [-0.25, -0.2) is 13.2 Å². The molecule has 0 aliphatic carbocycles. The number of anilines is 1. The van der Waals surface area contributed by atoms with Crippen LogP contribution >= 0.6 is 0 Å². The minimum atomic E-state index is -3.03. The number of amides is 2. The molecule has 0 radical (unpaired) electrons. The summed E-state index contributed by atoms with van der Waals surface area (Å²) in [4.78, 5) is 20.0. The molecule has 0 spiro atoms. The van der Waals surface area contributed by atoms with Crippen LogP contribution in [0.3, 0.4) is 0 Å². The van der Waals surface area contributed by atoms with Crippen molar-refractivity contribution in [2.24, 2.45) is 0 Å². The van der Waals surface area contributed by atoms with Gasteiger partial charge in [-0.2, -0.15) is 0 Å². The van der Waals surface area contributed by atoms with Crippen LogP contribution in [0.5, 0.6) is 0 Å². The topological polar surface area (TPSA) is 82.6 Å². The van der Waals surface area contributed by atoms with E-state index in [4.69, 9.17) is 0 Å². The van der Waals surface area contributed by atoms with E-state index >= 15 is 0 Å². The van der Waals surface area contributed by atoms with Crippen LogP contribution in [0.4, 0.5) is 10.5 Å². The molecule has 2 amide bonds. The van der Waals surface area contributed by atoms with Crippen molar-refractivity contribution < 1.29 is 13.2 Å². The molecule has 1 N–H and O–H groups in total. The van der Waals surface area contributed by atoms with Gasteiger partial charge in [-0.3, -0.25) is 4.98 Å². The third-order valence-corrected chi connectivity index (χ3v) is 5.36. The van der Waals surface area contributed by atoms with Gasteiger partial charge in [0.25, 0.3) is 0 Å². The molecule has 7 nitrogen and oxygen atoms in total. The van der Waals surface area contributed by atoms with E-state index in [9.17, 15) is 13.2 Å².